The smallest absolute Gasteiger partial charge is 0.330 e. The third kappa shape index (κ3) is 11.5. The fourth-order valence-corrected chi connectivity index (χ4v) is 9.01. The number of ether oxygens (including phenoxy) is 3. The molecule has 2 bridgehead atoms. The van der Waals surface area contributed by atoms with Crippen LogP contribution in [0.2, 0.25) is 0 Å². The normalized spacial score (nSPS) is 46.8. The molecule has 0 aromatic heterocycles. The Kier molecular flexibility index (Phi) is 17.7. The first kappa shape index (κ1) is 48.1. The van der Waals surface area contributed by atoms with Gasteiger partial charge in [0.1, 0.15) is 17.5 Å². The molecular weight excluding hydrogens is 716 g/mol. The van der Waals surface area contributed by atoms with Crippen molar-refractivity contribution in [1.29, 1.82) is 0 Å². The molecule has 3 aliphatic heterocycles. The molecule has 5 N–H and O–H groups in total. The molecule has 2 saturated heterocycles. The largest absolute Gasteiger partial charge is 0.458 e. The van der Waals surface area contributed by atoms with Crippen molar-refractivity contribution >= 4 is 17.5 Å². The van der Waals surface area contributed by atoms with Gasteiger partial charge >= 0.3 is 5.97 Å². The quantitative estimate of drug-likeness (QED) is 0.216. The lowest BCUT2D eigenvalue weighted by Gasteiger charge is -2.55. The number of allylic oxidation sites excluding steroid dienone is 4. The van der Waals surface area contributed by atoms with Gasteiger partial charge in [-0.15, -0.1) is 0 Å². The predicted molar refractivity (Wildman–Crippen MR) is 215 cm³/mol. The summed E-state index contributed by atoms with van der Waals surface area (Å²) in [5.74, 6) is -7.28. The number of fused-ring (bicyclic) bond motifs is 2. The Labute approximate surface area is 336 Å². The van der Waals surface area contributed by atoms with Gasteiger partial charge in [0.25, 0.3) is 0 Å². The van der Waals surface area contributed by atoms with Gasteiger partial charge in [-0.05, 0) is 70.1 Å². The summed E-state index contributed by atoms with van der Waals surface area (Å²) < 4.78 is 20.0. The van der Waals surface area contributed by atoms with Gasteiger partial charge in [0.2, 0.25) is 0 Å². The Bertz CT molecular complexity index is 1390. The van der Waals surface area contributed by atoms with Gasteiger partial charge in [0.15, 0.2) is 11.6 Å². The zero-order chi connectivity index (χ0) is 42.3. The molecule has 3 heterocycles. The second kappa shape index (κ2) is 20.6. The lowest BCUT2D eigenvalue weighted by molar-refractivity contribution is -0.371. The molecule has 0 aromatic carbocycles. The molecule has 0 aliphatic carbocycles. The van der Waals surface area contributed by atoms with E-state index in [0.717, 1.165) is 19.3 Å². The molecule has 2 fully saturated rings. The summed E-state index contributed by atoms with van der Waals surface area (Å²) in [5.41, 5.74) is -2.18. The number of esters is 1. The second-order valence-corrected chi connectivity index (χ2v) is 18.0. The minimum absolute atomic E-state index is 0.168. The van der Waals surface area contributed by atoms with Crippen LogP contribution in [0.15, 0.2) is 36.5 Å². The molecule has 0 radical (unpaired) electrons. The first-order chi connectivity index (χ1) is 26.1. The maximum absolute atomic E-state index is 13.5. The molecule has 0 saturated carbocycles. The molecular formula is C45H74O11. The lowest BCUT2D eigenvalue weighted by Crippen LogP contribution is -2.62. The number of aliphatic hydroxyl groups excluding tert-OH is 4. The van der Waals surface area contributed by atoms with E-state index in [0.29, 0.717) is 25.7 Å². The highest BCUT2D eigenvalue weighted by Gasteiger charge is 2.56. The molecule has 320 valence electrons. The average Bonchev–Trinajstić information content (AvgIpc) is 3.16. The SMILES string of the molecule is CC[C@H]1/C=C\C=C\C[C@H](C)[C@H](O)[C@@](C)(O)C(=O)[C@H](C)[C@H](O)[C@H](C)C(=O)[C@@H](C)[C@@H](O)[C@H](C)/C=C/C(=O)O[C@H]2[C@@H](C)[C@H](CC1)O[C@@]1(CC[C@@H](C)[C@@H](C[C@@H](C)O)O1)[C@@H]2C. The first-order valence-electron chi connectivity index (χ1n) is 21.2. The second-order valence-electron chi connectivity index (χ2n) is 18.0. The maximum Gasteiger partial charge on any atom is 0.330 e. The molecule has 3 rings (SSSR count). The highest BCUT2D eigenvalue weighted by molar-refractivity contribution is 5.91. The molecule has 3 aliphatic rings. The molecule has 11 heteroatoms. The van der Waals surface area contributed by atoms with Gasteiger partial charge in [-0.3, -0.25) is 9.59 Å². The molecule has 1 spiro atoms. The maximum atomic E-state index is 13.5. The molecule has 0 aromatic rings. The number of hydrogen-bond acceptors (Lipinski definition) is 11. The van der Waals surface area contributed by atoms with Crippen molar-refractivity contribution in [3.05, 3.63) is 36.5 Å². The number of Topliss-reactive ketones (excluding diaryl/α,β-unsaturated/α-hetero) is 2. The van der Waals surface area contributed by atoms with Crippen molar-refractivity contribution in [1.82, 2.24) is 0 Å². The van der Waals surface area contributed by atoms with Gasteiger partial charge in [-0.2, -0.15) is 0 Å². The Morgan fingerprint density at radius 2 is 1.48 bits per heavy atom. The van der Waals surface area contributed by atoms with Gasteiger partial charge in [-0.25, -0.2) is 4.79 Å². The predicted octanol–water partition coefficient (Wildman–Crippen LogP) is 5.88. The summed E-state index contributed by atoms with van der Waals surface area (Å²) in [4.78, 5) is 40.5. The monoisotopic (exact) mass is 791 g/mol. The van der Waals surface area contributed by atoms with Crippen LogP contribution in [0.3, 0.4) is 0 Å². The van der Waals surface area contributed by atoms with Crippen LogP contribution in [-0.4, -0.2) is 97.2 Å². The molecule has 0 amide bonds. The van der Waals surface area contributed by atoms with Crippen LogP contribution in [0, 0.1) is 53.3 Å². The highest BCUT2D eigenvalue weighted by atomic mass is 16.7. The summed E-state index contributed by atoms with van der Waals surface area (Å²) in [6, 6.07) is 0. The third-order valence-electron chi connectivity index (χ3n) is 13.4. The Morgan fingerprint density at radius 3 is 2.11 bits per heavy atom. The van der Waals surface area contributed by atoms with E-state index in [1.54, 1.807) is 20.8 Å². The minimum atomic E-state index is -2.18. The number of rotatable bonds is 3. The third-order valence-corrected chi connectivity index (χ3v) is 13.4. The number of aliphatic hydroxyl groups is 5. The van der Waals surface area contributed by atoms with Crippen LogP contribution >= 0.6 is 0 Å². The number of ketones is 2. The van der Waals surface area contributed by atoms with E-state index in [9.17, 15) is 39.9 Å². The fraction of sp³-hybridized carbons (Fsp3) is 0.800. The standard InChI is InChI=1S/C45H74O11/c1-12-34-17-15-13-14-16-27(4)42(51)44(11,53)43(52)32(9)40(50)31(8)39(49)30(7)38(48)26(3)18-21-37(47)54-41-29(6)35(20-19-34)55-45(33(41)10)23-22-25(2)36(56-45)24-28(5)46/h13-15,17-18,21,25-36,38,40-42,46,48,50-51,53H,12,16,19-20,22-24H2,1-11H3/b14-13+,17-15-,21-18+/t25-,26-,27+,28-,29+,30+,31-,32-,33-,34+,35+,36-,38+,40-,41+,42+,44-,45-/m1/s1. The van der Waals surface area contributed by atoms with Crippen molar-refractivity contribution in [3.8, 4) is 0 Å². The van der Waals surface area contributed by atoms with Gasteiger partial charge in [-0.1, -0.05) is 92.7 Å². The summed E-state index contributed by atoms with van der Waals surface area (Å²) in [6.45, 7) is 19.1. The van der Waals surface area contributed by atoms with E-state index < -0.39 is 89.0 Å². The number of hydrogen-bond donors (Lipinski definition) is 5. The summed E-state index contributed by atoms with van der Waals surface area (Å²) >= 11 is 0. The van der Waals surface area contributed by atoms with Crippen LogP contribution in [0.25, 0.3) is 0 Å². The summed E-state index contributed by atoms with van der Waals surface area (Å²) in [6.07, 6.45) is 9.62. The van der Waals surface area contributed by atoms with Crippen LogP contribution in [0.5, 0.6) is 0 Å². The van der Waals surface area contributed by atoms with Crippen LogP contribution in [0.4, 0.5) is 0 Å². The summed E-state index contributed by atoms with van der Waals surface area (Å²) in [7, 11) is 0. The van der Waals surface area contributed by atoms with Crippen LogP contribution < -0.4 is 0 Å². The number of carbonyl (C=O) groups is 3. The van der Waals surface area contributed by atoms with Crippen molar-refractivity contribution in [2.45, 2.75) is 175 Å². The van der Waals surface area contributed by atoms with Gasteiger partial charge in [0, 0.05) is 48.0 Å². The Balaban J connectivity index is 1.99. The molecule has 11 nitrogen and oxygen atoms in total. The highest BCUT2D eigenvalue weighted by Crippen LogP contribution is 2.49. The van der Waals surface area contributed by atoms with E-state index in [1.165, 1.54) is 39.8 Å². The van der Waals surface area contributed by atoms with Crippen LogP contribution in [0.1, 0.15) is 121 Å². The Hall–Kier alpha value is -2.25. The van der Waals surface area contributed by atoms with Gasteiger partial charge in [0.05, 0.1) is 36.6 Å². The van der Waals surface area contributed by atoms with E-state index in [-0.39, 0.29) is 35.9 Å². The van der Waals surface area contributed by atoms with Crippen LogP contribution in [-0.2, 0) is 28.6 Å². The molecule has 56 heavy (non-hydrogen) atoms. The fourth-order valence-electron chi connectivity index (χ4n) is 9.01. The van der Waals surface area contributed by atoms with Crippen molar-refractivity contribution in [3.63, 3.8) is 0 Å². The number of carbonyl (C=O) groups excluding carboxylic acids is 3. The van der Waals surface area contributed by atoms with Crippen molar-refractivity contribution in [2.75, 3.05) is 0 Å². The molecule has 18 atom stereocenters. The minimum Gasteiger partial charge on any atom is -0.458 e. The lowest BCUT2D eigenvalue weighted by atomic mass is 9.74. The van der Waals surface area contributed by atoms with Crippen molar-refractivity contribution in [2.24, 2.45) is 53.3 Å². The molecule has 0 unspecified atom stereocenters. The zero-order valence-corrected chi connectivity index (χ0v) is 35.8. The summed E-state index contributed by atoms with van der Waals surface area (Å²) in [5, 5.41) is 55.0. The van der Waals surface area contributed by atoms with E-state index in [1.807, 2.05) is 32.1 Å². The Morgan fingerprint density at radius 1 is 0.839 bits per heavy atom. The topological polar surface area (TPSA) is 180 Å². The van der Waals surface area contributed by atoms with Crippen molar-refractivity contribution < 1.29 is 54.1 Å². The average molecular weight is 791 g/mol. The zero-order valence-electron chi connectivity index (χ0n) is 35.8. The van der Waals surface area contributed by atoms with E-state index in [4.69, 9.17) is 14.2 Å². The first-order valence-corrected chi connectivity index (χ1v) is 21.2. The van der Waals surface area contributed by atoms with E-state index in [2.05, 4.69) is 19.9 Å². The van der Waals surface area contributed by atoms with E-state index >= 15 is 0 Å². The van der Waals surface area contributed by atoms with Gasteiger partial charge < -0.3 is 39.7 Å².